The first kappa shape index (κ1) is 29.3. The molecule has 1 unspecified atom stereocenters. The van der Waals surface area contributed by atoms with Gasteiger partial charge in [-0.1, -0.05) is 38.1 Å². The van der Waals surface area contributed by atoms with Crippen LogP contribution in [0, 0.1) is 5.92 Å². The van der Waals surface area contributed by atoms with E-state index in [2.05, 4.69) is 71.9 Å². The Morgan fingerprint density at radius 3 is 2.32 bits per heavy atom. The van der Waals surface area contributed by atoms with E-state index in [9.17, 15) is 10.2 Å². The Morgan fingerprint density at radius 1 is 0.878 bits per heavy atom. The molecule has 2 N–H and O–H groups in total. The van der Waals surface area contributed by atoms with E-state index in [1.54, 1.807) is 6.07 Å². The van der Waals surface area contributed by atoms with Gasteiger partial charge in [-0.05, 0) is 90.6 Å². The van der Waals surface area contributed by atoms with Crippen molar-refractivity contribution in [2.45, 2.75) is 52.5 Å². The zero-order chi connectivity index (χ0) is 28.8. The van der Waals surface area contributed by atoms with Gasteiger partial charge in [-0.15, -0.1) is 0 Å². The maximum atomic E-state index is 10.4. The zero-order valence-corrected chi connectivity index (χ0v) is 25.1. The molecule has 0 amide bonds. The predicted octanol–water partition coefficient (Wildman–Crippen LogP) is 6.05. The van der Waals surface area contributed by atoms with Crippen molar-refractivity contribution in [3.05, 3.63) is 82.9 Å². The first-order chi connectivity index (χ1) is 19.9. The van der Waals surface area contributed by atoms with Crippen molar-refractivity contribution in [2.24, 2.45) is 5.92 Å². The van der Waals surface area contributed by atoms with E-state index in [0.717, 1.165) is 82.4 Å². The number of benzene rings is 3. The Labute approximate surface area is 246 Å². The molecule has 5 rings (SSSR count). The van der Waals surface area contributed by atoms with Crippen molar-refractivity contribution in [3.63, 3.8) is 0 Å². The lowest BCUT2D eigenvalue weighted by Gasteiger charge is -2.35. The minimum Gasteiger partial charge on any atom is -0.508 e. The molecule has 0 spiro atoms. The molecule has 2 aliphatic rings. The average Bonchev–Trinajstić information content (AvgIpc) is 2.97. The second kappa shape index (κ2) is 13.6. The Bertz CT molecular complexity index is 1270. The van der Waals surface area contributed by atoms with Gasteiger partial charge in [0.1, 0.15) is 23.9 Å². The van der Waals surface area contributed by atoms with E-state index in [1.165, 1.54) is 28.8 Å². The van der Waals surface area contributed by atoms with E-state index in [-0.39, 0.29) is 0 Å². The smallest absolute Gasteiger partial charge is 0.119 e. The van der Waals surface area contributed by atoms with Gasteiger partial charge < -0.3 is 24.7 Å². The molecule has 6 heteroatoms. The van der Waals surface area contributed by atoms with Gasteiger partial charge in [0.2, 0.25) is 0 Å². The number of fused-ring (bicyclic) bond motifs is 1. The summed E-state index contributed by atoms with van der Waals surface area (Å²) in [6, 6.07) is 20.1. The van der Waals surface area contributed by atoms with Crippen molar-refractivity contribution < 1.29 is 14.9 Å². The van der Waals surface area contributed by atoms with Gasteiger partial charge in [0.15, 0.2) is 0 Å². The van der Waals surface area contributed by atoms with Gasteiger partial charge in [-0.2, -0.15) is 0 Å². The predicted molar refractivity (Wildman–Crippen MR) is 167 cm³/mol. The number of piperazine rings is 1. The molecule has 41 heavy (non-hydrogen) atoms. The maximum absolute atomic E-state index is 10.4. The number of rotatable bonds is 11. The number of anilines is 1. The van der Waals surface area contributed by atoms with Crippen molar-refractivity contribution in [2.75, 3.05) is 57.3 Å². The summed E-state index contributed by atoms with van der Waals surface area (Å²) in [4.78, 5) is 7.43. The number of nitrogens with zero attached hydrogens (tertiary/aromatic N) is 3. The summed E-state index contributed by atoms with van der Waals surface area (Å²) < 4.78 is 6.10. The van der Waals surface area contributed by atoms with Crippen LogP contribution in [0.2, 0.25) is 0 Å². The monoisotopic (exact) mass is 557 g/mol. The highest BCUT2D eigenvalue weighted by Gasteiger charge is 2.25. The standard InChI is InChI=1S/C35H47N3O3/c1-4-38(35-23-32(40)11-14-34(35)30-8-7-29-22-31(39)10-9-28(29)21-30)25-27-5-12-33(13-6-27)41-20-19-36-15-17-37(18-16-36)24-26(2)3/h5-6,9-14,22-23,26,30,39-40H,4,7-8,15-21,24-25H2,1-3H3. The lowest BCUT2D eigenvalue weighted by molar-refractivity contribution is 0.109. The topological polar surface area (TPSA) is 59.4 Å². The van der Waals surface area contributed by atoms with Gasteiger partial charge in [-0.3, -0.25) is 4.90 Å². The molecule has 1 aliphatic heterocycles. The molecule has 1 saturated heterocycles. The first-order valence-electron chi connectivity index (χ1n) is 15.4. The molecule has 6 nitrogen and oxygen atoms in total. The van der Waals surface area contributed by atoms with Gasteiger partial charge in [0.25, 0.3) is 0 Å². The Hall–Kier alpha value is -3.22. The highest BCUT2D eigenvalue weighted by molar-refractivity contribution is 5.59. The van der Waals surface area contributed by atoms with Crippen LogP contribution >= 0.6 is 0 Å². The molecular weight excluding hydrogens is 510 g/mol. The number of phenolic OH excluding ortho intramolecular Hbond substituents is 2. The molecule has 1 heterocycles. The van der Waals surface area contributed by atoms with Gasteiger partial charge in [0, 0.05) is 64.1 Å². The molecule has 0 bridgehead atoms. The summed E-state index contributed by atoms with van der Waals surface area (Å²) >= 11 is 0. The summed E-state index contributed by atoms with van der Waals surface area (Å²) in [6.07, 6.45) is 2.94. The summed E-state index contributed by atoms with van der Waals surface area (Å²) in [5.74, 6) is 2.67. The normalized spacial score (nSPS) is 17.9. The van der Waals surface area contributed by atoms with E-state index >= 15 is 0 Å². The fourth-order valence-electron chi connectivity index (χ4n) is 6.44. The third-order valence-corrected chi connectivity index (χ3v) is 8.66. The second-order valence-electron chi connectivity index (χ2n) is 12.2. The fourth-order valence-corrected chi connectivity index (χ4v) is 6.44. The Morgan fingerprint density at radius 2 is 1.59 bits per heavy atom. The van der Waals surface area contributed by atoms with Crippen LogP contribution < -0.4 is 9.64 Å². The minimum atomic E-state index is 0.299. The molecule has 0 aromatic heterocycles. The van der Waals surface area contributed by atoms with E-state index < -0.39 is 0 Å². The van der Waals surface area contributed by atoms with Crippen LogP contribution in [-0.2, 0) is 19.4 Å². The van der Waals surface area contributed by atoms with Gasteiger partial charge in [-0.25, -0.2) is 0 Å². The maximum Gasteiger partial charge on any atom is 0.119 e. The molecule has 1 aliphatic carbocycles. The first-order valence-corrected chi connectivity index (χ1v) is 15.4. The number of hydrogen-bond acceptors (Lipinski definition) is 6. The minimum absolute atomic E-state index is 0.299. The zero-order valence-electron chi connectivity index (χ0n) is 25.1. The van der Waals surface area contributed by atoms with Crippen LogP contribution in [0.5, 0.6) is 17.2 Å². The number of aryl methyl sites for hydroxylation is 1. The highest BCUT2D eigenvalue weighted by Crippen LogP contribution is 2.40. The summed E-state index contributed by atoms with van der Waals surface area (Å²) in [6.45, 7) is 15.8. The van der Waals surface area contributed by atoms with Crippen molar-refractivity contribution in [1.29, 1.82) is 0 Å². The largest absolute Gasteiger partial charge is 0.508 e. The third kappa shape index (κ3) is 7.75. The van der Waals surface area contributed by atoms with Crippen LogP contribution in [0.4, 0.5) is 5.69 Å². The van der Waals surface area contributed by atoms with Crippen molar-refractivity contribution in [1.82, 2.24) is 9.80 Å². The average molecular weight is 558 g/mol. The van der Waals surface area contributed by atoms with E-state index in [1.807, 2.05) is 18.2 Å². The van der Waals surface area contributed by atoms with Crippen LogP contribution in [0.3, 0.4) is 0 Å². The third-order valence-electron chi connectivity index (χ3n) is 8.66. The molecule has 1 fully saturated rings. The van der Waals surface area contributed by atoms with E-state index in [4.69, 9.17) is 4.74 Å². The molecule has 0 radical (unpaired) electrons. The van der Waals surface area contributed by atoms with Crippen LogP contribution in [0.25, 0.3) is 0 Å². The quantitative estimate of drug-likeness (QED) is 0.299. The van der Waals surface area contributed by atoms with Gasteiger partial charge >= 0.3 is 0 Å². The number of phenols is 2. The van der Waals surface area contributed by atoms with Crippen LogP contribution in [-0.4, -0.2) is 72.4 Å². The number of ether oxygens (including phenoxy) is 1. The number of hydrogen-bond donors (Lipinski definition) is 2. The van der Waals surface area contributed by atoms with Gasteiger partial charge in [0.05, 0.1) is 0 Å². The summed E-state index contributed by atoms with van der Waals surface area (Å²) in [5, 5.41) is 20.3. The van der Waals surface area contributed by atoms with E-state index in [0.29, 0.717) is 24.0 Å². The molecule has 0 saturated carbocycles. The lowest BCUT2D eigenvalue weighted by atomic mass is 9.79. The molecular formula is C35H47N3O3. The molecule has 220 valence electrons. The molecule has 3 aromatic carbocycles. The fraction of sp³-hybridized carbons (Fsp3) is 0.486. The molecule has 3 aromatic rings. The summed E-state index contributed by atoms with van der Waals surface area (Å²) in [5.41, 5.74) is 6.17. The number of aromatic hydroxyl groups is 2. The SMILES string of the molecule is CCN(Cc1ccc(OCCN2CCN(CC(C)C)CC2)cc1)c1cc(O)ccc1C1CCc2cc(O)ccc2C1. The van der Waals surface area contributed by atoms with Crippen molar-refractivity contribution in [3.8, 4) is 17.2 Å². The molecule has 1 atom stereocenters. The second-order valence-corrected chi connectivity index (χ2v) is 12.2. The van der Waals surface area contributed by atoms with Crippen LogP contribution in [0.1, 0.15) is 55.4 Å². The highest BCUT2D eigenvalue weighted by atomic mass is 16.5. The van der Waals surface area contributed by atoms with Crippen LogP contribution in [0.15, 0.2) is 60.7 Å². The van der Waals surface area contributed by atoms with Crippen molar-refractivity contribution >= 4 is 5.69 Å². The Kier molecular flexibility index (Phi) is 9.73. The Balaban J connectivity index is 1.17. The lowest BCUT2D eigenvalue weighted by Crippen LogP contribution is -2.48. The summed E-state index contributed by atoms with van der Waals surface area (Å²) in [7, 11) is 0.